The molecule has 0 fully saturated rings. The van der Waals surface area contributed by atoms with Gasteiger partial charge < -0.3 is 15.0 Å². The highest BCUT2D eigenvalue weighted by atomic mass is 16.5. The van der Waals surface area contributed by atoms with Crippen LogP contribution in [0.2, 0.25) is 0 Å². The molecule has 17 heavy (non-hydrogen) atoms. The molecule has 3 heteroatoms. The SMILES string of the molecule is CCN(CC)c1cccc(OC(C)CNC)c1. The molecule has 1 atom stereocenters. The topological polar surface area (TPSA) is 24.5 Å². The molecule has 0 amide bonds. The van der Waals surface area contributed by atoms with E-state index in [9.17, 15) is 0 Å². The first-order valence-corrected chi connectivity index (χ1v) is 6.37. The summed E-state index contributed by atoms with van der Waals surface area (Å²) in [7, 11) is 1.94. The first-order valence-electron chi connectivity index (χ1n) is 6.37. The van der Waals surface area contributed by atoms with Gasteiger partial charge in [-0.1, -0.05) is 6.07 Å². The Balaban J connectivity index is 2.71. The smallest absolute Gasteiger partial charge is 0.121 e. The Bertz CT molecular complexity index is 324. The van der Waals surface area contributed by atoms with E-state index in [1.807, 2.05) is 13.1 Å². The zero-order chi connectivity index (χ0) is 12.7. The Morgan fingerprint density at radius 1 is 1.29 bits per heavy atom. The number of rotatable bonds is 7. The zero-order valence-electron chi connectivity index (χ0n) is 11.4. The predicted octanol–water partition coefficient (Wildman–Crippen LogP) is 2.52. The molecule has 1 N–H and O–H groups in total. The predicted molar refractivity (Wildman–Crippen MR) is 74.0 cm³/mol. The van der Waals surface area contributed by atoms with E-state index in [1.54, 1.807) is 0 Å². The van der Waals surface area contributed by atoms with Crippen LogP contribution in [-0.2, 0) is 0 Å². The molecule has 96 valence electrons. The van der Waals surface area contributed by atoms with Crippen LogP contribution in [0.1, 0.15) is 20.8 Å². The molecular formula is C14H24N2O. The summed E-state index contributed by atoms with van der Waals surface area (Å²) in [6, 6.07) is 8.30. The van der Waals surface area contributed by atoms with Crippen molar-refractivity contribution in [2.75, 3.05) is 31.6 Å². The van der Waals surface area contributed by atoms with Crippen molar-refractivity contribution >= 4 is 5.69 Å². The van der Waals surface area contributed by atoms with Crippen LogP contribution in [0.4, 0.5) is 5.69 Å². The first-order chi connectivity index (χ1) is 8.21. The lowest BCUT2D eigenvalue weighted by Crippen LogP contribution is -2.26. The Hall–Kier alpha value is -1.22. The van der Waals surface area contributed by atoms with Crippen LogP contribution in [-0.4, -0.2) is 32.8 Å². The van der Waals surface area contributed by atoms with Crippen molar-refractivity contribution in [2.45, 2.75) is 26.9 Å². The summed E-state index contributed by atoms with van der Waals surface area (Å²) in [6.07, 6.45) is 0.187. The molecule has 3 nitrogen and oxygen atoms in total. The van der Waals surface area contributed by atoms with E-state index in [1.165, 1.54) is 5.69 Å². The highest BCUT2D eigenvalue weighted by molar-refractivity contribution is 5.50. The van der Waals surface area contributed by atoms with E-state index >= 15 is 0 Å². The lowest BCUT2D eigenvalue weighted by atomic mass is 10.2. The van der Waals surface area contributed by atoms with E-state index in [4.69, 9.17) is 4.74 Å². The van der Waals surface area contributed by atoms with Crippen molar-refractivity contribution < 1.29 is 4.74 Å². The normalized spacial score (nSPS) is 12.2. The summed E-state index contributed by atoms with van der Waals surface area (Å²) < 4.78 is 5.85. The number of hydrogen-bond donors (Lipinski definition) is 1. The largest absolute Gasteiger partial charge is 0.489 e. The molecule has 0 aliphatic rings. The summed E-state index contributed by atoms with van der Waals surface area (Å²) in [6.45, 7) is 9.30. The van der Waals surface area contributed by atoms with Crippen molar-refractivity contribution in [3.8, 4) is 5.75 Å². The van der Waals surface area contributed by atoms with Crippen molar-refractivity contribution in [1.82, 2.24) is 5.32 Å². The number of nitrogens with zero attached hydrogens (tertiary/aromatic N) is 1. The van der Waals surface area contributed by atoms with Crippen molar-refractivity contribution in [2.24, 2.45) is 0 Å². The van der Waals surface area contributed by atoms with Gasteiger partial charge in [-0.25, -0.2) is 0 Å². The van der Waals surface area contributed by atoms with Gasteiger partial charge in [0.2, 0.25) is 0 Å². The fourth-order valence-electron chi connectivity index (χ4n) is 1.90. The van der Waals surface area contributed by atoms with Crippen LogP contribution in [0.5, 0.6) is 5.75 Å². The fourth-order valence-corrected chi connectivity index (χ4v) is 1.90. The lowest BCUT2D eigenvalue weighted by molar-refractivity contribution is 0.220. The Morgan fingerprint density at radius 3 is 2.59 bits per heavy atom. The maximum atomic E-state index is 5.85. The van der Waals surface area contributed by atoms with Gasteiger partial charge in [0, 0.05) is 31.4 Å². The average molecular weight is 236 g/mol. The quantitative estimate of drug-likeness (QED) is 0.787. The third kappa shape index (κ3) is 4.27. The molecule has 0 aliphatic carbocycles. The van der Waals surface area contributed by atoms with E-state index in [2.05, 4.69) is 49.2 Å². The molecular weight excluding hydrogens is 212 g/mol. The molecule has 0 saturated carbocycles. The minimum absolute atomic E-state index is 0.187. The highest BCUT2D eigenvalue weighted by Gasteiger charge is 2.05. The molecule has 0 saturated heterocycles. The second-order valence-corrected chi connectivity index (χ2v) is 4.16. The second-order valence-electron chi connectivity index (χ2n) is 4.16. The van der Waals surface area contributed by atoms with Crippen molar-refractivity contribution in [3.63, 3.8) is 0 Å². The van der Waals surface area contributed by atoms with Gasteiger partial charge in [0.05, 0.1) is 0 Å². The monoisotopic (exact) mass is 236 g/mol. The molecule has 0 bridgehead atoms. The number of likely N-dealkylation sites (N-methyl/N-ethyl adjacent to an activating group) is 1. The maximum Gasteiger partial charge on any atom is 0.121 e. The summed E-state index contributed by atoms with van der Waals surface area (Å²) >= 11 is 0. The van der Waals surface area contributed by atoms with Gasteiger partial charge in [-0.3, -0.25) is 0 Å². The van der Waals surface area contributed by atoms with E-state index in [0.29, 0.717) is 0 Å². The van der Waals surface area contributed by atoms with Crippen LogP contribution in [0, 0.1) is 0 Å². The Morgan fingerprint density at radius 2 is 2.00 bits per heavy atom. The molecule has 1 aromatic carbocycles. The van der Waals surface area contributed by atoms with Crippen LogP contribution in [0.15, 0.2) is 24.3 Å². The maximum absolute atomic E-state index is 5.85. The Kier molecular flexibility index (Phi) is 5.84. The van der Waals surface area contributed by atoms with Crippen molar-refractivity contribution in [3.05, 3.63) is 24.3 Å². The zero-order valence-corrected chi connectivity index (χ0v) is 11.4. The third-order valence-corrected chi connectivity index (χ3v) is 2.78. The van der Waals surface area contributed by atoms with Crippen molar-refractivity contribution in [1.29, 1.82) is 0 Å². The fraction of sp³-hybridized carbons (Fsp3) is 0.571. The molecule has 0 radical (unpaired) electrons. The van der Waals surface area contributed by atoms with Gasteiger partial charge in [-0.2, -0.15) is 0 Å². The number of anilines is 1. The first kappa shape index (κ1) is 13.8. The molecule has 0 spiro atoms. The highest BCUT2D eigenvalue weighted by Crippen LogP contribution is 2.21. The molecule has 1 aromatic rings. The number of ether oxygens (including phenoxy) is 1. The Labute approximate surface area is 105 Å². The molecule has 1 rings (SSSR count). The van der Waals surface area contributed by atoms with Crippen LogP contribution in [0.3, 0.4) is 0 Å². The summed E-state index contributed by atoms with van der Waals surface area (Å²) in [5.41, 5.74) is 1.23. The van der Waals surface area contributed by atoms with Crippen LogP contribution >= 0.6 is 0 Å². The average Bonchev–Trinajstić information content (AvgIpc) is 2.31. The van der Waals surface area contributed by atoms with E-state index < -0.39 is 0 Å². The summed E-state index contributed by atoms with van der Waals surface area (Å²) in [4.78, 5) is 2.32. The molecule has 0 aliphatic heterocycles. The minimum atomic E-state index is 0.187. The molecule has 0 heterocycles. The van der Waals surface area contributed by atoms with Gasteiger partial charge in [0.1, 0.15) is 11.9 Å². The lowest BCUT2D eigenvalue weighted by Gasteiger charge is -2.22. The number of benzene rings is 1. The van der Waals surface area contributed by atoms with Gasteiger partial charge in [0.15, 0.2) is 0 Å². The third-order valence-electron chi connectivity index (χ3n) is 2.78. The number of hydrogen-bond acceptors (Lipinski definition) is 3. The molecule has 1 unspecified atom stereocenters. The number of nitrogens with one attached hydrogen (secondary N) is 1. The second kappa shape index (κ2) is 7.17. The summed E-state index contributed by atoms with van der Waals surface area (Å²) in [5.74, 6) is 0.942. The van der Waals surface area contributed by atoms with E-state index in [0.717, 1.165) is 25.4 Å². The van der Waals surface area contributed by atoms with Gasteiger partial charge in [-0.15, -0.1) is 0 Å². The minimum Gasteiger partial charge on any atom is -0.489 e. The molecule has 0 aromatic heterocycles. The van der Waals surface area contributed by atoms with Gasteiger partial charge in [-0.05, 0) is 40.0 Å². The van der Waals surface area contributed by atoms with Crippen LogP contribution in [0.25, 0.3) is 0 Å². The van der Waals surface area contributed by atoms with Crippen LogP contribution < -0.4 is 15.0 Å². The summed E-state index contributed by atoms with van der Waals surface area (Å²) in [5, 5.41) is 3.11. The van der Waals surface area contributed by atoms with Gasteiger partial charge in [0.25, 0.3) is 0 Å². The van der Waals surface area contributed by atoms with E-state index in [-0.39, 0.29) is 6.10 Å². The van der Waals surface area contributed by atoms with Gasteiger partial charge >= 0.3 is 0 Å². The standard InChI is InChI=1S/C14H24N2O/c1-5-16(6-2)13-8-7-9-14(10-13)17-12(3)11-15-4/h7-10,12,15H,5-6,11H2,1-4H3.